The van der Waals surface area contributed by atoms with Gasteiger partial charge < -0.3 is 29.6 Å². The monoisotopic (exact) mass is 431 g/mol. The van der Waals surface area contributed by atoms with E-state index in [-0.39, 0.29) is 37.4 Å². The van der Waals surface area contributed by atoms with Crippen molar-refractivity contribution in [3.05, 3.63) is 10.4 Å². The van der Waals surface area contributed by atoms with Gasteiger partial charge in [0.15, 0.2) is 5.78 Å². The van der Waals surface area contributed by atoms with E-state index in [0.29, 0.717) is 71.9 Å². The highest BCUT2D eigenvalue weighted by Crippen LogP contribution is 1.95. The SMILES string of the molecule is CC(=O)COCCOCCNC(=O)COCCOCCNC(=O)CCCCN=[N+]=[N-]. The Morgan fingerprint density at radius 1 is 0.800 bits per heavy atom. The largest absolute Gasteiger partial charge is 0.377 e. The fraction of sp³-hybridized carbons (Fsp3) is 0.833. The molecule has 0 fully saturated rings. The van der Waals surface area contributed by atoms with E-state index < -0.39 is 0 Å². The van der Waals surface area contributed by atoms with Crippen LogP contribution in [0.1, 0.15) is 26.2 Å². The lowest BCUT2D eigenvalue weighted by Crippen LogP contribution is -2.31. The van der Waals surface area contributed by atoms with Gasteiger partial charge in [0.25, 0.3) is 0 Å². The molecule has 0 aromatic rings. The van der Waals surface area contributed by atoms with Crippen molar-refractivity contribution in [2.45, 2.75) is 26.2 Å². The molecule has 0 spiro atoms. The molecule has 2 amide bonds. The van der Waals surface area contributed by atoms with E-state index in [0.717, 1.165) is 0 Å². The van der Waals surface area contributed by atoms with Crippen LogP contribution in [0, 0.1) is 0 Å². The summed E-state index contributed by atoms with van der Waals surface area (Å²) < 4.78 is 20.8. The van der Waals surface area contributed by atoms with E-state index in [4.69, 9.17) is 24.5 Å². The first kappa shape index (κ1) is 27.8. The van der Waals surface area contributed by atoms with Gasteiger partial charge in [-0.2, -0.15) is 0 Å². The molecule has 0 unspecified atom stereocenters. The Balaban J connectivity index is 3.30. The van der Waals surface area contributed by atoms with Gasteiger partial charge >= 0.3 is 0 Å². The quantitative estimate of drug-likeness (QED) is 0.115. The second kappa shape index (κ2) is 21.5. The van der Waals surface area contributed by atoms with Crippen LogP contribution in [0.4, 0.5) is 0 Å². The molecule has 0 aliphatic heterocycles. The zero-order chi connectivity index (χ0) is 22.3. The number of Topliss-reactive ketones (excluding diaryl/α,β-unsaturated/α-hetero) is 1. The van der Waals surface area contributed by atoms with Crippen LogP contribution in [0.25, 0.3) is 10.4 Å². The Kier molecular flexibility index (Phi) is 19.9. The van der Waals surface area contributed by atoms with Gasteiger partial charge in [0.2, 0.25) is 11.8 Å². The second-order valence-electron chi connectivity index (χ2n) is 6.14. The van der Waals surface area contributed by atoms with Crippen LogP contribution in [-0.2, 0) is 33.3 Å². The lowest BCUT2D eigenvalue weighted by molar-refractivity contribution is -0.127. The van der Waals surface area contributed by atoms with Gasteiger partial charge in [-0.15, -0.1) is 0 Å². The summed E-state index contributed by atoms with van der Waals surface area (Å²) in [4.78, 5) is 36.4. The average molecular weight is 431 g/mol. The minimum Gasteiger partial charge on any atom is -0.377 e. The van der Waals surface area contributed by atoms with Crippen LogP contribution in [0.2, 0.25) is 0 Å². The van der Waals surface area contributed by atoms with Crippen LogP contribution in [0.15, 0.2) is 5.11 Å². The van der Waals surface area contributed by atoms with Crippen molar-refractivity contribution in [1.82, 2.24) is 10.6 Å². The molecule has 30 heavy (non-hydrogen) atoms. The van der Waals surface area contributed by atoms with Crippen molar-refractivity contribution < 1.29 is 33.3 Å². The molecule has 0 aromatic carbocycles. The summed E-state index contributed by atoms with van der Waals surface area (Å²) >= 11 is 0. The standard InChI is InChI=1S/C18H33N5O7/c1-16(24)14-29-12-10-28-9-7-21-18(26)15-30-13-11-27-8-6-20-17(25)4-2-3-5-22-23-19/h2-15H2,1H3,(H,20,25)(H,21,26). The maximum absolute atomic E-state index is 11.5. The smallest absolute Gasteiger partial charge is 0.246 e. The van der Waals surface area contributed by atoms with Gasteiger partial charge in [0, 0.05) is 31.0 Å². The summed E-state index contributed by atoms with van der Waals surface area (Å²) in [5.74, 6) is -0.356. The van der Waals surface area contributed by atoms with Gasteiger partial charge in [0.1, 0.15) is 13.2 Å². The molecule has 0 bridgehead atoms. The first-order chi connectivity index (χ1) is 14.6. The number of rotatable bonds is 21. The van der Waals surface area contributed by atoms with Gasteiger partial charge in [-0.3, -0.25) is 14.4 Å². The normalized spacial score (nSPS) is 10.3. The molecule has 0 saturated heterocycles. The molecule has 0 atom stereocenters. The van der Waals surface area contributed by atoms with Crippen LogP contribution in [-0.4, -0.2) is 90.1 Å². The minimum absolute atomic E-state index is 0.0360. The van der Waals surface area contributed by atoms with Crippen molar-refractivity contribution in [3.8, 4) is 0 Å². The number of ketones is 1. The van der Waals surface area contributed by atoms with Gasteiger partial charge in [0.05, 0.1) is 39.6 Å². The number of azide groups is 1. The van der Waals surface area contributed by atoms with Gasteiger partial charge in [-0.25, -0.2) is 0 Å². The molecule has 0 radical (unpaired) electrons. The van der Waals surface area contributed by atoms with Gasteiger partial charge in [-0.1, -0.05) is 5.11 Å². The summed E-state index contributed by atoms with van der Waals surface area (Å²) in [6.07, 6.45) is 1.74. The highest BCUT2D eigenvalue weighted by atomic mass is 16.5. The molecule has 172 valence electrons. The maximum Gasteiger partial charge on any atom is 0.246 e. The zero-order valence-corrected chi connectivity index (χ0v) is 17.6. The maximum atomic E-state index is 11.5. The third-order valence-electron chi connectivity index (χ3n) is 3.39. The number of carbonyl (C=O) groups is 3. The van der Waals surface area contributed by atoms with Crippen LogP contribution < -0.4 is 10.6 Å². The highest BCUT2D eigenvalue weighted by molar-refractivity contribution is 5.77. The Morgan fingerprint density at radius 3 is 1.97 bits per heavy atom. The number of nitrogens with one attached hydrogen (secondary N) is 2. The number of unbranched alkanes of at least 4 members (excludes halogenated alkanes) is 1. The third kappa shape index (κ3) is 22.1. The average Bonchev–Trinajstić information content (AvgIpc) is 2.71. The summed E-state index contributed by atoms with van der Waals surface area (Å²) in [6.45, 7) is 4.59. The number of amides is 2. The molecule has 0 aliphatic rings. The molecule has 0 aliphatic carbocycles. The summed E-state index contributed by atoms with van der Waals surface area (Å²) in [7, 11) is 0. The number of nitrogens with zero attached hydrogens (tertiary/aromatic N) is 3. The minimum atomic E-state index is -0.251. The third-order valence-corrected chi connectivity index (χ3v) is 3.39. The Bertz CT molecular complexity index is 527. The lowest BCUT2D eigenvalue weighted by Gasteiger charge is -2.08. The first-order valence-corrected chi connectivity index (χ1v) is 9.91. The fourth-order valence-electron chi connectivity index (χ4n) is 2.00. The van der Waals surface area contributed by atoms with E-state index in [2.05, 4.69) is 20.7 Å². The lowest BCUT2D eigenvalue weighted by atomic mass is 10.2. The molecule has 2 N–H and O–H groups in total. The molecule has 0 saturated carbocycles. The van der Waals surface area contributed by atoms with Crippen molar-refractivity contribution in [2.24, 2.45) is 5.11 Å². The molecule has 0 heterocycles. The predicted molar refractivity (Wildman–Crippen MR) is 108 cm³/mol. The number of hydrogen-bond acceptors (Lipinski definition) is 8. The van der Waals surface area contributed by atoms with Crippen LogP contribution in [0.5, 0.6) is 0 Å². The second-order valence-corrected chi connectivity index (χ2v) is 6.14. The van der Waals surface area contributed by atoms with E-state index in [1.807, 2.05) is 0 Å². The first-order valence-electron chi connectivity index (χ1n) is 9.91. The number of hydrogen-bond donors (Lipinski definition) is 2. The van der Waals surface area contributed by atoms with Crippen molar-refractivity contribution in [2.75, 3.05) is 72.5 Å². The highest BCUT2D eigenvalue weighted by Gasteiger charge is 2.02. The van der Waals surface area contributed by atoms with Crippen molar-refractivity contribution >= 4 is 17.6 Å². The Labute approximate surface area is 176 Å². The Hall–Kier alpha value is -2.24. The number of ether oxygens (including phenoxy) is 4. The summed E-state index contributed by atoms with van der Waals surface area (Å²) in [6, 6.07) is 0. The number of carbonyl (C=O) groups excluding carboxylic acids is 3. The van der Waals surface area contributed by atoms with Crippen LogP contribution >= 0.6 is 0 Å². The fourth-order valence-corrected chi connectivity index (χ4v) is 2.00. The predicted octanol–water partition coefficient (Wildman–Crippen LogP) is 0.355. The molecule has 12 heteroatoms. The molecular formula is C18H33N5O7. The topological polar surface area (TPSA) is 161 Å². The van der Waals surface area contributed by atoms with Crippen LogP contribution in [0.3, 0.4) is 0 Å². The zero-order valence-electron chi connectivity index (χ0n) is 17.6. The van der Waals surface area contributed by atoms with E-state index in [1.54, 1.807) is 0 Å². The van der Waals surface area contributed by atoms with E-state index in [9.17, 15) is 14.4 Å². The van der Waals surface area contributed by atoms with E-state index >= 15 is 0 Å². The Morgan fingerprint density at radius 2 is 1.37 bits per heavy atom. The van der Waals surface area contributed by atoms with Crippen molar-refractivity contribution in [3.63, 3.8) is 0 Å². The molecular weight excluding hydrogens is 398 g/mol. The summed E-state index contributed by atoms with van der Waals surface area (Å²) in [5, 5.41) is 8.77. The molecule has 12 nitrogen and oxygen atoms in total. The van der Waals surface area contributed by atoms with Gasteiger partial charge in [-0.05, 0) is 25.3 Å². The summed E-state index contributed by atoms with van der Waals surface area (Å²) in [5.41, 5.74) is 8.13. The molecule has 0 rings (SSSR count). The van der Waals surface area contributed by atoms with E-state index in [1.165, 1.54) is 6.92 Å². The molecule has 0 aromatic heterocycles. The van der Waals surface area contributed by atoms with Crippen molar-refractivity contribution in [1.29, 1.82) is 0 Å².